The lowest BCUT2D eigenvalue weighted by molar-refractivity contribution is -0.115. The van der Waals surface area contributed by atoms with Gasteiger partial charge in [0, 0.05) is 27.4 Å². The van der Waals surface area contributed by atoms with Crippen molar-refractivity contribution in [3.8, 4) is 23.0 Å². The van der Waals surface area contributed by atoms with Gasteiger partial charge in [-0.3, -0.25) is 14.4 Å². The minimum atomic E-state index is -0.524. The van der Waals surface area contributed by atoms with Crippen LogP contribution in [0.15, 0.2) is 136 Å². The Morgan fingerprint density at radius 3 is 2.14 bits per heavy atom. The Hall–Kier alpha value is -6.33. The van der Waals surface area contributed by atoms with E-state index in [1.165, 1.54) is 26.0 Å². The fraction of sp³-hybridized carbons (Fsp3) is 0.100. The lowest BCUT2D eigenvalue weighted by atomic mass is 10.1. The van der Waals surface area contributed by atoms with E-state index in [0.29, 0.717) is 45.5 Å². The molecule has 6 rings (SSSR count). The molecule has 1 unspecified atom stereocenters. The Kier molecular flexibility index (Phi) is 10.8. The topological polar surface area (TPSA) is 132 Å². The summed E-state index contributed by atoms with van der Waals surface area (Å²) in [5.74, 6) is 0.404. The van der Waals surface area contributed by atoms with Gasteiger partial charge in [0.1, 0.15) is 11.2 Å². The summed E-state index contributed by atoms with van der Waals surface area (Å²) in [7, 11) is 3.06. The summed E-state index contributed by atoms with van der Waals surface area (Å²) in [5.41, 5.74) is 4.51. The number of aromatic nitrogens is 1. The van der Waals surface area contributed by atoms with E-state index in [1.54, 1.807) is 66.7 Å². The molecule has 10 nitrogen and oxygen atoms in total. The highest BCUT2D eigenvalue weighted by atomic mass is 32.2. The molecule has 1 aromatic heterocycles. The van der Waals surface area contributed by atoms with Gasteiger partial charge in [-0.05, 0) is 103 Å². The standard InChI is InChI=1S/C40H34N4O6S/c1-25(37(45)41-29-16-14-28(15-17-29)40-44-32-11-7-8-12-34(32)50-40)51-31-20-18-30(19-21-31)42-39(47)33(43-38(46)27-9-5-4-6-10-27)23-26-13-22-35(48-2)36(24-26)49-3/h4-25H,1-3H3,(H,41,45)(H,42,47)(H,43,46)/b33-23-. The highest BCUT2D eigenvalue weighted by molar-refractivity contribution is 8.00. The molecule has 5 aromatic carbocycles. The predicted octanol–water partition coefficient (Wildman–Crippen LogP) is 8.04. The third kappa shape index (κ3) is 8.64. The maximum Gasteiger partial charge on any atom is 0.272 e. The van der Waals surface area contributed by atoms with Gasteiger partial charge in [0.2, 0.25) is 11.8 Å². The molecule has 0 spiro atoms. The summed E-state index contributed by atoms with van der Waals surface area (Å²) in [6, 6.07) is 35.8. The lowest BCUT2D eigenvalue weighted by Crippen LogP contribution is -2.30. The van der Waals surface area contributed by atoms with Gasteiger partial charge in [-0.15, -0.1) is 11.8 Å². The molecular weight excluding hydrogens is 665 g/mol. The monoisotopic (exact) mass is 698 g/mol. The Morgan fingerprint density at radius 1 is 0.765 bits per heavy atom. The molecule has 0 fully saturated rings. The summed E-state index contributed by atoms with van der Waals surface area (Å²) in [6.45, 7) is 1.82. The Balaban J connectivity index is 1.09. The number of carbonyl (C=O) groups is 3. The van der Waals surface area contributed by atoms with Gasteiger partial charge in [0.05, 0.1) is 19.5 Å². The van der Waals surface area contributed by atoms with Crippen LogP contribution in [0.25, 0.3) is 28.6 Å². The highest BCUT2D eigenvalue weighted by Gasteiger charge is 2.18. The molecule has 1 heterocycles. The van der Waals surface area contributed by atoms with Gasteiger partial charge in [-0.25, -0.2) is 4.98 Å². The van der Waals surface area contributed by atoms with Gasteiger partial charge in [-0.1, -0.05) is 36.4 Å². The maximum absolute atomic E-state index is 13.5. The number of carbonyl (C=O) groups excluding carboxylic acids is 3. The molecule has 3 N–H and O–H groups in total. The maximum atomic E-state index is 13.5. The van der Waals surface area contributed by atoms with Crippen molar-refractivity contribution in [2.24, 2.45) is 0 Å². The zero-order chi connectivity index (χ0) is 35.7. The number of anilines is 2. The number of methoxy groups -OCH3 is 2. The number of fused-ring (bicyclic) bond motifs is 1. The van der Waals surface area contributed by atoms with E-state index in [1.807, 2.05) is 67.6 Å². The van der Waals surface area contributed by atoms with E-state index >= 15 is 0 Å². The number of hydrogen-bond donors (Lipinski definition) is 3. The molecule has 11 heteroatoms. The number of oxazole rings is 1. The first-order chi connectivity index (χ1) is 24.8. The quantitative estimate of drug-likeness (QED) is 0.0865. The highest BCUT2D eigenvalue weighted by Crippen LogP contribution is 2.30. The van der Waals surface area contributed by atoms with Crippen LogP contribution in [0.2, 0.25) is 0 Å². The fourth-order valence-electron chi connectivity index (χ4n) is 5.06. The molecule has 3 amide bonds. The third-order valence-electron chi connectivity index (χ3n) is 7.73. The average molecular weight is 699 g/mol. The predicted molar refractivity (Wildman–Crippen MR) is 200 cm³/mol. The molecule has 0 saturated carbocycles. The summed E-state index contributed by atoms with van der Waals surface area (Å²) in [6.07, 6.45) is 1.56. The van der Waals surface area contributed by atoms with Crippen LogP contribution in [0, 0.1) is 0 Å². The van der Waals surface area contributed by atoms with Crippen molar-refractivity contribution in [2.75, 3.05) is 24.9 Å². The smallest absolute Gasteiger partial charge is 0.272 e. The van der Waals surface area contributed by atoms with Crippen LogP contribution in [0.3, 0.4) is 0 Å². The Bertz CT molecular complexity index is 2170. The van der Waals surface area contributed by atoms with Gasteiger partial charge in [-0.2, -0.15) is 0 Å². The van der Waals surface area contributed by atoms with Crippen molar-refractivity contribution in [3.05, 3.63) is 138 Å². The first-order valence-corrected chi connectivity index (χ1v) is 16.8. The molecule has 0 bridgehead atoms. The van der Waals surface area contributed by atoms with Gasteiger partial charge >= 0.3 is 0 Å². The number of hydrogen-bond acceptors (Lipinski definition) is 8. The molecule has 256 valence electrons. The van der Waals surface area contributed by atoms with Crippen molar-refractivity contribution in [1.82, 2.24) is 10.3 Å². The molecule has 0 saturated heterocycles. The second kappa shape index (κ2) is 15.9. The SMILES string of the molecule is COc1ccc(/C=C(\NC(=O)c2ccccc2)C(=O)Nc2ccc(SC(C)C(=O)Nc3ccc(-c4nc5ccccc5o4)cc3)cc2)cc1OC. The van der Waals surface area contributed by atoms with Crippen LogP contribution in [-0.2, 0) is 9.59 Å². The molecule has 6 aromatic rings. The molecule has 0 aliphatic rings. The van der Waals surface area contributed by atoms with Crippen LogP contribution < -0.4 is 25.4 Å². The molecule has 51 heavy (non-hydrogen) atoms. The summed E-state index contributed by atoms with van der Waals surface area (Å²) < 4.78 is 16.6. The molecular formula is C40H34N4O6S. The summed E-state index contributed by atoms with van der Waals surface area (Å²) in [5, 5.41) is 8.13. The van der Waals surface area contributed by atoms with E-state index < -0.39 is 17.1 Å². The van der Waals surface area contributed by atoms with Crippen molar-refractivity contribution in [2.45, 2.75) is 17.1 Å². The number of amides is 3. The number of rotatable bonds is 12. The minimum Gasteiger partial charge on any atom is -0.493 e. The minimum absolute atomic E-state index is 0.0294. The van der Waals surface area contributed by atoms with E-state index in [9.17, 15) is 14.4 Å². The first kappa shape index (κ1) is 34.5. The molecule has 0 aliphatic carbocycles. The number of para-hydroxylation sites is 2. The summed E-state index contributed by atoms with van der Waals surface area (Å²) >= 11 is 1.38. The average Bonchev–Trinajstić information content (AvgIpc) is 3.60. The van der Waals surface area contributed by atoms with Crippen molar-refractivity contribution in [1.29, 1.82) is 0 Å². The van der Waals surface area contributed by atoms with E-state index in [4.69, 9.17) is 13.9 Å². The molecule has 0 radical (unpaired) electrons. The van der Waals surface area contributed by atoms with Crippen LogP contribution in [0.5, 0.6) is 11.5 Å². The summed E-state index contributed by atoms with van der Waals surface area (Å²) in [4.78, 5) is 44.9. The van der Waals surface area contributed by atoms with Crippen molar-refractivity contribution >= 4 is 58.0 Å². The fourth-order valence-corrected chi connectivity index (χ4v) is 5.93. The zero-order valence-electron chi connectivity index (χ0n) is 28.0. The van der Waals surface area contributed by atoms with E-state index in [0.717, 1.165) is 16.0 Å². The van der Waals surface area contributed by atoms with E-state index in [-0.39, 0.29) is 11.6 Å². The zero-order valence-corrected chi connectivity index (χ0v) is 28.8. The Morgan fingerprint density at radius 2 is 1.43 bits per heavy atom. The second-order valence-electron chi connectivity index (χ2n) is 11.3. The van der Waals surface area contributed by atoms with Crippen LogP contribution in [0.4, 0.5) is 11.4 Å². The molecule has 1 atom stereocenters. The normalized spacial score (nSPS) is 11.8. The largest absolute Gasteiger partial charge is 0.493 e. The lowest BCUT2D eigenvalue weighted by Gasteiger charge is -2.14. The van der Waals surface area contributed by atoms with Crippen molar-refractivity contribution < 1.29 is 28.3 Å². The number of nitrogens with zero attached hydrogens (tertiary/aromatic N) is 1. The number of nitrogens with one attached hydrogen (secondary N) is 3. The van der Waals surface area contributed by atoms with Gasteiger partial charge < -0.3 is 29.8 Å². The van der Waals surface area contributed by atoms with Gasteiger partial charge in [0.15, 0.2) is 17.1 Å². The third-order valence-corrected chi connectivity index (χ3v) is 8.85. The second-order valence-corrected chi connectivity index (χ2v) is 12.7. The van der Waals surface area contributed by atoms with Gasteiger partial charge in [0.25, 0.3) is 11.8 Å². The van der Waals surface area contributed by atoms with Crippen LogP contribution >= 0.6 is 11.8 Å². The number of thioether (sulfide) groups is 1. The first-order valence-electron chi connectivity index (χ1n) is 15.9. The van der Waals surface area contributed by atoms with E-state index in [2.05, 4.69) is 20.9 Å². The number of benzene rings is 5. The molecule has 0 aliphatic heterocycles. The number of ether oxygens (including phenoxy) is 2. The van der Waals surface area contributed by atoms with Crippen molar-refractivity contribution in [3.63, 3.8) is 0 Å². The van der Waals surface area contributed by atoms with Crippen LogP contribution in [0.1, 0.15) is 22.8 Å². The van der Waals surface area contributed by atoms with Crippen LogP contribution in [-0.4, -0.2) is 42.2 Å². The Labute approximate surface area is 298 Å².